The van der Waals surface area contributed by atoms with E-state index in [0.717, 1.165) is 16.7 Å². The van der Waals surface area contributed by atoms with Gasteiger partial charge in [0.15, 0.2) is 5.82 Å². The van der Waals surface area contributed by atoms with Crippen LogP contribution in [0.3, 0.4) is 0 Å². The molecule has 9 heteroatoms. The summed E-state index contributed by atoms with van der Waals surface area (Å²) in [7, 11) is 1.13. The highest BCUT2D eigenvalue weighted by atomic mass is 35.7. The highest BCUT2D eigenvalue weighted by Crippen LogP contribution is 2.23. The fraction of sp³-hybridized carbons (Fsp3) is 0.200. The first-order valence-electron chi connectivity index (χ1n) is 5.17. The van der Waals surface area contributed by atoms with Crippen LogP contribution in [0, 0.1) is 11.6 Å². The number of hydrogen-bond donors (Lipinski definition) is 0. The molecule has 2 aromatic rings. The SMILES string of the molecule is CCn1c(-c2cc(F)cc(F)c2)nnc1S(=O)(=O)Cl. The third-order valence-electron chi connectivity index (χ3n) is 2.37. The Hall–Kier alpha value is -1.54. The van der Waals surface area contributed by atoms with E-state index < -0.39 is 25.8 Å². The van der Waals surface area contributed by atoms with E-state index in [0.29, 0.717) is 6.07 Å². The third kappa shape index (κ3) is 2.74. The Bertz CT molecular complexity index is 710. The minimum atomic E-state index is -4.08. The molecule has 0 N–H and O–H groups in total. The van der Waals surface area contributed by atoms with Gasteiger partial charge in [-0.15, -0.1) is 10.2 Å². The van der Waals surface area contributed by atoms with Crippen molar-refractivity contribution in [2.24, 2.45) is 0 Å². The Morgan fingerprint density at radius 3 is 2.26 bits per heavy atom. The summed E-state index contributed by atoms with van der Waals surface area (Å²) in [5, 5.41) is 6.60. The zero-order valence-corrected chi connectivity index (χ0v) is 11.2. The van der Waals surface area contributed by atoms with E-state index in [1.54, 1.807) is 6.92 Å². The molecule has 0 spiro atoms. The molecular weight excluding hydrogens is 300 g/mol. The summed E-state index contributed by atoms with van der Waals surface area (Å²) in [6, 6.07) is 2.77. The molecular formula is C10H8ClF2N3O2S. The summed E-state index contributed by atoms with van der Waals surface area (Å²) >= 11 is 0. The summed E-state index contributed by atoms with van der Waals surface area (Å²) in [5.74, 6) is -1.56. The van der Waals surface area contributed by atoms with Crippen LogP contribution in [0.1, 0.15) is 6.92 Å². The molecule has 1 aromatic heterocycles. The molecule has 0 aliphatic heterocycles. The van der Waals surface area contributed by atoms with Crippen molar-refractivity contribution in [3.05, 3.63) is 29.8 Å². The topological polar surface area (TPSA) is 64.8 Å². The van der Waals surface area contributed by atoms with Crippen LogP contribution in [-0.2, 0) is 15.6 Å². The summed E-state index contributed by atoms with van der Waals surface area (Å²) in [4.78, 5) is 0. The minimum absolute atomic E-state index is 0.0279. The number of halogens is 3. The lowest BCUT2D eigenvalue weighted by atomic mass is 10.2. The van der Waals surface area contributed by atoms with E-state index >= 15 is 0 Å². The monoisotopic (exact) mass is 307 g/mol. The lowest BCUT2D eigenvalue weighted by Crippen LogP contribution is -2.06. The van der Waals surface area contributed by atoms with Crippen LogP contribution in [0.25, 0.3) is 11.4 Å². The zero-order chi connectivity index (χ0) is 14.2. The van der Waals surface area contributed by atoms with Crippen molar-refractivity contribution in [3.8, 4) is 11.4 Å². The van der Waals surface area contributed by atoms with Crippen LogP contribution in [0.2, 0.25) is 0 Å². The first kappa shape index (κ1) is 13.9. The average molecular weight is 308 g/mol. The normalized spacial score (nSPS) is 11.8. The quantitative estimate of drug-likeness (QED) is 0.815. The van der Waals surface area contributed by atoms with Crippen molar-refractivity contribution < 1.29 is 17.2 Å². The third-order valence-corrected chi connectivity index (χ3v) is 3.52. The van der Waals surface area contributed by atoms with E-state index in [1.165, 1.54) is 0 Å². The maximum atomic E-state index is 13.1. The lowest BCUT2D eigenvalue weighted by Gasteiger charge is -2.05. The Morgan fingerprint density at radius 2 is 1.79 bits per heavy atom. The van der Waals surface area contributed by atoms with E-state index in [1.807, 2.05) is 0 Å². The van der Waals surface area contributed by atoms with Gasteiger partial charge in [0.25, 0.3) is 14.2 Å². The predicted molar refractivity (Wildman–Crippen MR) is 64.1 cm³/mol. The first-order chi connectivity index (χ1) is 8.82. The molecule has 5 nitrogen and oxygen atoms in total. The molecule has 1 aromatic carbocycles. The number of aromatic nitrogens is 3. The molecule has 0 saturated heterocycles. The van der Waals surface area contributed by atoms with Gasteiger partial charge in [0.2, 0.25) is 0 Å². The molecule has 102 valence electrons. The van der Waals surface area contributed by atoms with E-state index in [-0.39, 0.29) is 17.9 Å². The molecule has 0 radical (unpaired) electrons. The van der Waals surface area contributed by atoms with Crippen LogP contribution in [0.15, 0.2) is 23.4 Å². The molecule has 0 atom stereocenters. The maximum Gasteiger partial charge on any atom is 0.296 e. The van der Waals surface area contributed by atoms with Gasteiger partial charge in [0.05, 0.1) is 0 Å². The Balaban J connectivity index is 2.67. The van der Waals surface area contributed by atoms with E-state index in [4.69, 9.17) is 10.7 Å². The fourth-order valence-electron chi connectivity index (χ4n) is 1.65. The maximum absolute atomic E-state index is 13.1. The summed E-state index contributed by atoms with van der Waals surface area (Å²) < 4.78 is 50.0. The molecule has 19 heavy (non-hydrogen) atoms. The Morgan fingerprint density at radius 1 is 1.21 bits per heavy atom. The Kier molecular flexibility index (Phi) is 3.55. The van der Waals surface area contributed by atoms with Crippen molar-refractivity contribution >= 4 is 19.7 Å². The van der Waals surface area contributed by atoms with E-state index in [9.17, 15) is 17.2 Å². The minimum Gasteiger partial charge on any atom is -0.297 e. The largest absolute Gasteiger partial charge is 0.297 e. The van der Waals surface area contributed by atoms with Gasteiger partial charge >= 0.3 is 0 Å². The second-order valence-corrected chi connectivity index (χ2v) is 6.11. The lowest BCUT2D eigenvalue weighted by molar-refractivity contribution is 0.580. The molecule has 0 fully saturated rings. The van der Waals surface area contributed by atoms with Crippen LogP contribution in [0.4, 0.5) is 8.78 Å². The van der Waals surface area contributed by atoms with Gasteiger partial charge < -0.3 is 0 Å². The van der Waals surface area contributed by atoms with Crippen molar-refractivity contribution in [2.75, 3.05) is 0 Å². The van der Waals surface area contributed by atoms with Gasteiger partial charge in [0.1, 0.15) is 11.6 Å². The molecule has 1 heterocycles. The van der Waals surface area contributed by atoms with Crippen molar-refractivity contribution in [1.82, 2.24) is 14.8 Å². The second-order valence-electron chi connectivity index (χ2n) is 3.65. The standard InChI is InChI=1S/C10H8ClF2N3O2S/c1-2-16-9(14-15-10(16)19(11,17)18)6-3-7(12)5-8(13)4-6/h3-5H,2H2,1H3. The number of nitrogens with zero attached hydrogens (tertiary/aromatic N) is 3. The molecule has 0 aliphatic carbocycles. The number of hydrogen-bond acceptors (Lipinski definition) is 4. The highest BCUT2D eigenvalue weighted by Gasteiger charge is 2.22. The predicted octanol–water partition coefficient (Wildman–Crippen LogP) is 2.17. The number of rotatable bonds is 3. The van der Waals surface area contributed by atoms with Crippen molar-refractivity contribution in [3.63, 3.8) is 0 Å². The Labute approximate surface area is 112 Å². The molecule has 2 rings (SSSR count). The highest BCUT2D eigenvalue weighted by molar-refractivity contribution is 8.13. The fourth-order valence-corrected chi connectivity index (χ4v) is 2.61. The summed E-state index contributed by atoms with van der Waals surface area (Å²) in [6.07, 6.45) is 0. The molecule has 0 bridgehead atoms. The smallest absolute Gasteiger partial charge is 0.296 e. The molecule has 0 aliphatic rings. The van der Waals surface area contributed by atoms with Gasteiger partial charge in [-0.2, -0.15) is 0 Å². The van der Waals surface area contributed by atoms with Crippen LogP contribution < -0.4 is 0 Å². The molecule has 0 amide bonds. The van der Waals surface area contributed by atoms with Crippen LogP contribution in [-0.4, -0.2) is 23.2 Å². The van der Waals surface area contributed by atoms with Gasteiger partial charge in [-0.3, -0.25) is 4.57 Å². The first-order valence-corrected chi connectivity index (χ1v) is 7.48. The van der Waals surface area contributed by atoms with E-state index in [2.05, 4.69) is 10.2 Å². The van der Waals surface area contributed by atoms with Gasteiger partial charge in [0, 0.05) is 28.9 Å². The average Bonchev–Trinajstić information content (AvgIpc) is 2.70. The van der Waals surface area contributed by atoms with Gasteiger partial charge in [-0.05, 0) is 19.1 Å². The summed E-state index contributed by atoms with van der Waals surface area (Å²) in [6.45, 7) is 1.82. The van der Waals surface area contributed by atoms with Crippen molar-refractivity contribution in [1.29, 1.82) is 0 Å². The van der Waals surface area contributed by atoms with Crippen LogP contribution >= 0.6 is 10.7 Å². The van der Waals surface area contributed by atoms with Gasteiger partial charge in [-0.25, -0.2) is 17.2 Å². The van der Waals surface area contributed by atoms with Crippen LogP contribution in [0.5, 0.6) is 0 Å². The van der Waals surface area contributed by atoms with Gasteiger partial charge in [-0.1, -0.05) is 0 Å². The van der Waals surface area contributed by atoms with Crippen molar-refractivity contribution in [2.45, 2.75) is 18.6 Å². The zero-order valence-electron chi connectivity index (χ0n) is 9.64. The second kappa shape index (κ2) is 4.86. The molecule has 0 saturated carbocycles. The molecule has 0 unspecified atom stereocenters. The summed E-state index contributed by atoms with van der Waals surface area (Å²) in [5.41, 5.74) is 0.0819. The number of benzene rings is 1.